The molecule has 2 aliphatic rings. The Morgan fingerprint density at radius 1 is 0.919 bits per heavy atom. The molecule has 2 aromatic rings. The van der Waals surface area contributed by atoms with Crippen LogP contribution in [0, 0.1) is 0 Å². The second-order valence-electron chi connectivity index (χ2n) is 8.29. The van der Waals surface area contributed by atoms with Crippen LogP contribution in [0.1, 0.15) is 36.7 Å². The number of cyclic esters (lactones) is 1. The molecule has 6 heteroatoms. The molecular formula is C31H43N3O3. The summed E-state index contributed by atoms with van der Waals surface area (Å²) >= 11 is 0. The molecule has 0 aromatic heterocycles. The van der Waals surface area contributed by atoms with E-state index in [4.69, 9.17) is 4.74 Å². The average molecular weight is 506 g/mol. The van der Waals surface area contributed by atoms with Crippen molar-refractivity contribution in [1.82, 2.24) is 14.7 Å². The van der Waals surface area contributed by atoms with E-state index in [-0.39, 0.29) is 12.0 Å². The van der Waals surface area contributed by atoms with Gasteiger partial charge < -0.3 is 19.4 Å². The number of likely N-dealkylation sites (N-methyl/N-ethyl adjacent to an activating group) is 1. The normalized spacial score (nSPS) is 14.4. The van der Waals surface area contributed by atoms with E-state index in [2.05, 4.69) is 31.7 Å². The fourth-order valence-corrected chi connectivity index (χ4v) is 3.62. The monoisotopic (exact) mass is 505 g/mol. The second kappa shape index (κ2) is 17.7. The van der Waals surface area contributed by atoms with Crippen molar-refractivity contribution in [2.24, 2.45) is 0 Å². The number of hydrogen-bond donors (Lipinski definition) is 0. The molecule has 0 N–H and O–H groups in total. The Morgan fingerprint density at radius 2 is 1.51 bits per heavy atom. The van der Waals surface area contributed by atoms with Crippen LogP contribution in [-0.4, -0.2) is 73.1 Å². The molecule has 2 aromatic carbocycles. The predicted octanol–water partition coefficient (Wildman–Crippen LogP) is 6.27. The molecule has 0 atom stereocenters. The molecule has 0 unspecified atom stereocenters. The first-order valence-electron chi connectivity index (χ1n) is 12.8. The van der Waals surface area contributed by atoms with Gasteiger partial charge in [0.2, 0.25) is 0 Å². The molecule has 0 bridgehead atoms. The van der Waals surface area contributed by atoms with Crippen LogP contribution in [0.2, 0.25) is 0 Å². The van der Waals surface area contributed by atoms with Crippen LogP contribution in [0.25, 0.3) is 11.1 Å². The van der Waals surface area contributed by atoms with Gasteiger partial charge in [-0.3, -0.25) is 4.79 Å². The Morgan fingerprint density at radius 3 is 2.03 bits per heavy atom. The van der Waals surface area contributed by atoms with E-state index in [1.807, 2.05) is 74.2 Å². The van der Waals surface area contributed by atoms with Gasteiger partial charge in [0, 0.05) is 38.3 Å². The summed E-state index contributed by atoms with van der Waals surface area (Å²) in [5.41, 5.74) is 3.87. The van der Waals surface area contributed by atoms with Gasteiger partial charge >= 0.3 is 6.09 Å². The van der Waals surface area contributed by atoms with Crippen molar-refractivity contribution >= 4 is 12.0 Å². The second-order valence-corrected chi connectivity index (χ2v) is 8.29. The number of piperazine rings is 1. The fourth-order valence-electron chi connectivity index (χ4n) is 3.62. The first-order valence-corrected chi connectivity index (χ1v) is 12.8. The van der Waals surface area contributed by atoms with Crippen molar-refractivity contribution in [1.29, 1.82) is 0 Å². The number of allylic oxidation sites excluding steroid dienone is 3. The highest BCUT2D eigenvalue weighted by molar-refractivity contribution is 5.95. The van der Waals surface area contributed by atoms with Crippen molar-refractivity contribution in [2.45, 2.75) is 27.3 Å². The van der Waals surface area contributed by atoms with Crippen LogP contribution in [0.3, 0.4) is 0 Å². The molecule has 2 amide bonds. The van der Waals surface area contributed by atoms with Crippen LogP contribution < -0.4 is 0 Å². The minimum absolute atomic E-state index is 0.0964. The SMILES string of the molecule is C=CC.C=CC=C.CC.CN1CCN(C(=O)c2cccc(-c3ccc(CN4CCOC4=O)cc3)c2)CC1. The zero-order valence-electron chi connectivity index (χ0n) is 23.0. The highest BCUT2D eigenvalue weighted by Crippen LogP contribution is 2.23. The molecule has 0 radical (unpaired) electrons. The largest absolute Gasteiger partial charge is 0.448 e. The van der Waals surface area contributed by atoms with Gasteiger partial charge in [0.05, 0.1) is 6.54 Å². The van der Waals surface area contributed by atoms with Gasteiger partial charge in [0.1, 0.15) is 6.61 Å². The van der Waals surface area contributed by atoms with Gasteiger partial charge in [-0.05, 0) is 42.8 Å². The third-order valence-corrected chi connectivity index (χ3v) is 5.57. The van der Waals surface area contributed by atoms with Gasteiger partial charge in [-0.25, -0.2) is 4.79 Å². The maximum atomic E-state index is 12.8. The van der Waals surface area contributed by atoms with Gasteiger partial charge in [-0.15, -0.1) is 6.58 Å². The van der Waals surface area contributed by atoms with E-state index in [1.165, 1.54) is 0 Å². The van der Waals surface area contributed by atoms with Crippen molar-refractivity contribution in [2.75, 3.05) is 46.4 Å². The van der Waals surface area contributed by atoms with E-state index in [9.17, 15) is 9.59 Å². The number of rotatable bonds is 5. The summed E-state index contributed by atoms with van der Waals surface area (Å²) in [5, 5.41) is 0. The van der Waals surface area contributed by atoms with E-state index >= 15 is 0 Å². The minimum Gasteiger partial charge on any atom is -0.448 e. The van der Waals surface area contributed by atoms with E-state index in [1.54, 1.807) is 23.1 Å². The number of ether oxygens (including phenoxy) is 1. The minimum atomic E-state index is -0.251. The molecule has 6 nitrogen and oxygen atoms in total. The smallest absolute Gasteiger partial charge is 0.410 e. The Labute approximate surface area is 223 Å². The van der Waals surface area contributed by atoms with Crippen LogP contribution in [-0.2, 0) is 11.3 Å². The number of benzene rings is 2. The molecule has 0 aliphatic carbocycles. The van der Waals surface area contributed by atoms with Gasteiger partial charge in [0.15, 0.2) is 0 Å². The molecule has 2 fully saturated rings. The first-order chi connectivity index (χ1) is 17.9. The molecule has 2 heterocycles. The topological polar surface area (TPSA) is 53.1 Å². The summed E-state index contributed by atoms with van der Waals surface area (Å²) in [6, 6.07) is 15.9. The Hall–Kier alpha value is -3.64. The molecule has 200 valence electrons. The Kier molecular flexibility index (Phi) is 15.0. The van der Waals surface area contributed by atoms with Crippen molar-refractivity contribution < 1.29 is 14.3 Å². The van der Waals surface area contributed by atoms with Gasteiger partial charge in [-0.2, -0.15) is 0 Å². The van der Waals surface area contributed by atoms with E-state index in [0.29, 0.717) is 19.7 Å². The summed E-state index contributed by atoms with van der Waals surface area (Å²) in [7, 11) is 2.08. The molecule has 37 heavy (non-hydrogen) atoms. The quantitative estimate of drug-likeness (QED) is 0.355. The molecule has 2 saturated heterocycles. The van der Waals surface area contributed by atoms with Crippen LogP contribution >= 0.6 is 0 Å². The molecule has 0 saturated carbocycles. The highest BCUT2D eigenvalue weighted by Gasteiger charge is 2.22. The number of carbonyl (C=O) groups is 2. The predicted molar refractivity (Wildman–Crippen MR) is 155 cm³/mol. The van der Waals surface area contributed by atoms with Crippen LogP contribution in [0.4, 0.5) is 4.79 Å². The highest BCUT2D eigenvalue weighted by atomic mass is 16.6. The lowest BCUT2D eigenvalue weighted by atomic mass is 10.0. The standard InChI is InChI=1S/C22H25N3O3.C4H6.C3H6.C2H6/c1-23-9-11-24(12-10-23)21(26)20-4-2-3-19(15-20)18-7-5-17(6-8-18)16-25-13-14-28-22(25)27;1-3-4-2;1-3-2;1-2/h2-8,15H,9-14,16H2,1H3;3-4H,1-2H2;3H,1H2,2H3;1-2H3. The summed E-state index contributed by atoms with van der Waals surface area (Å²) in [5.74, 6) is 0.0964. The van der Waals surface area contributed by atoms with Gasteiger partial charge in [0.25, 0.3) is 5.91 Å². The van der Waals surface area contributed by atoms with Crippen molar-refractivity contribution in [3.63, 3.8) is 0 Å². The molecular weight excluding hydrogens is 462 g/mol. The lowest BCUT2D eigenvalue weighted by Gasteiger charge is -2.32. The number of carbonyl (C=O) groups excluding carboxylic acids is 2. The third-order valence-electron chi connectivity index (χ3n) is 5.57. The maximum Gasteiger partial charge on any atom is 0.410 e. The molecule has 2 aliphatic heterocycles. The summed E-state index contributed by atoms with van der Waals surface area (Å²) < 4.78 is 4.97. The number of hydrogen-bond acceptors (Lipinski definition) is 4. The average Bonchev–Trinajstić information content (AvgIpc) is 3.35. The lowest BCUT2D eigenvalue weighted by molar-refractivity contribution is 0.0664. The van der Waals surface area contributed by atoms with Crippen molar-refractivity contribution in [3.05, 3.63) is 97.6 Å². The van der Waals surface area contributed by atoms with E-state index in [0.717, 1.165) is 48.4 Å². The van der Waals surface area contributed by atoms with E-state index < -0.39 is 0 Å². The Bertz CT molecular complexity index is 987. The maximum absolute atomic E-state index is 12.8. The summed E-state index contributed by atoms with van der Waals surface area (Å²) in [6.07, 6.45) is 4.78. The number of nitrogens with zero attached hydrogens (tertiary/aromatic N) is 3. The lowest BCUT2D eigenvalue weighted by Crippen LogP contribution is -2.47. The summed E-state index contributed by atoms with van der Waals surface area (Å²) in [4.78, 5) is 30.3. The number of amides is 2. The zero-order valence-corrected chi connectivity index (χ0v) is 23.0. The molecule has 0 spiro atoms. The van der Waals surface area contributed by atoms with Crippen LogP contribution in [0.5, 0.6) is 0 Å². The van der Waals surface area contributed by atoms with Crippen molar-refractivity contribution in [3.8, 4) is 11.1 Å². The summed E-state index contributed by atoms with van der Waals surface area (Å²) in [6.45, 7) is 21.0. The Balaban J connectivity index is 0.000000670. The first kappa shape index (κ1) is 31.4. The van der Waals surface area contributed by atoms with Crippen LogP contribution in [0.15, 0.2) is 86.5 Å². The molecule has 4 rings (SSSR count). The zero-order chi connectivity index (χ0) is 27.6. The third kappa shape index (κ3) is 10.5. The fraction of sp³-hybridized carbons (Fsp3) is 0.355. The van der Waals surface area contributed by atoms with Gasteiger partial charge in [-0.1, -0.05) is 81.6 Å².